The molecule has 3 rings (SSSR count). The SMILES string of the molecule is O=C1OC(c2cc(Cl)nc(Cl)c2)=NC12CC2. The van der Waals surface area contributed by atoms with E-state index >= 15 is 0 Å². The molecule has 0 radical (unpaired) electrons. The van der Waals surface area contributed by atoms with E-state index in [9.17, 15) is 4.79 Å². The van der Waals surface area contributed by atoms with Crippen LogP contribution in [0.15, 0.2) is 17.1 Å². The number of halogens is 2. The van der Waals surface area contributed by atoms with Crippen molar-refractivity contribution < 1.29 is 9.53 Å². The molecule has 0 bridgehead atoms. The van der Waals surface area contributed by atoms with Gasteiger partial charge in [-0.3, -0.25) is 0 Å². The Kier molecular flexibility index (Phi) is 2.00. The molecule has 16 heavy (non-hydrogen) atoms. The molecule has 1 spiro atoms. The van der Waals surface area contributed by atoms with Crippen molar-refractivity contribution in [1.82, 2.24) is 4.98 Å². The summed E-state index contributed by atoms with van der Waals surface area (Å²) in [6.07, 6.45) is 1.50. The summed E-state index contributed by atoms with van der Waals surface area (Å²) in [5.74, 6) is 0.000238. The Hall–Kier alpha value is -1.13. The fourth-order valence-corrected chi connectivity index (χ4v) is 2.05. The lowest BCUT2D eigenvalue weighted by molar-refractivity contribution is -0.135. The second-order valence-corrected chi connectivity index (χ2v) is 4.61. The lowest BCUT2D eigenvalue weighted by Gasteiger charge is -2.00. The van der Waals surface area contributed by atoms with E-state index in [1.54, 1.807) is 12.1 Å². The van der Waals surface area contributed by atoms with Gasteiger partial charge in [0, 0.05) is 5.56 Å². The minimum atomic E-state index is -0.614. The molecule has 1 aromatic rings. The first-order valence-corrected chi connectivity index (χ1v) is 5.50. The van der Waals surface area contributed by atoms with Gasteiger partial charge in [0.05, 0.1) is 0 Å². The van der Waals surface area contributed by atoms with Gasteiger partial charge in [0.15, 0.2) is 5.54 Å². The van der Waals surface area contributed by atoms with Crippen molar-refractivity contribution in [1.29, 1.82) is 0 Å². The van der Waals surface area contributed by atoms with Crippen molar-refractivity contribution >= 4 is 35.1 Å². The van der Waals surface area contributed by atoms with Crippen LogP contribution >= 0.6 is 23.2 Å². The standard InChI is InChI=1S/C10H6Cl2N2O2/c11-6-3-5(4-7(12)13-6)8-14-10(1-2-10)9(15)16-8/h3-4H,1-2H2. The second kappa shape index (κ2) is 3.18. The van der Waals surface area contributed by atoms with Gasteiger partial charge in [-0.15, -0.1) is 0 Å². The maximum atomic E-state index is 11.5. The Bertz CT molecular complexity index is 503. The Labute approximate surface area is 101 Å². The second-order valence-electron chi connectivity index (χ2n) is 3.84. The first-order chi connectivity index (χ1) is 7.59. The van der Waals surface area contributed by atoms with E-state index in [-0.39, 0.29) is 22.2 Å². The molecule has 6 heteroatoms. The number of cyclic esters (lactones) is 1. The van der Waals surface area contributed by atoms with Crippen molar-refractivity contribution in [2.24, 2.45) is 4.99 Å². The highest BCUT2D eigenvalue weighted by molar-refractivity contribution is 6.33. The van der Waals surface area contributed by atoms with Crippen LogP contribution in [0.3, 0.4) is 0 Å². The molecule has 2 aliphatic rings. The Morgan fingerprint density at radius 1 is 1.25 bits per heavy atom. The number of rotatable bonds is 1. The van der Waals surface area contributed by atoms with E-state index in [1.807, 2.05) is 0 Å². The average Bonchev–Trinajstić information content (AvgIpc) is 2.88. The van der Waals surface area contributed by atoms with Crippen LogP contribution < -0.4 is 0 Å². The van der Waals surface area contributed by atoms with Crippen molar-refractivity contribution in [2.75, 3.05) is 0 Å². The number of carbonyl (C=O) groups is 1. The summed E-state index contributed by atoms with van der Waals surface area (Å²) < 4.78 is 5.10. The molecule has 2 heterocycles. The van der Waals surface area contributed by atoms with Gasteiger partial charge in [-0.1, -0.05) is 23.2 Å². The Balaban J connectivity index is 2.02. The van der Waals surface area contributed by atoms with Crippen LogP contribution in [0.25, 0.3) is 0 Å². The number of esters is 1. The Morgan fingerprint density at radius 3 is 2.38 bits per heavy atom. The fraction of sp³-hybridized carbons (Fsp3) is 0.300. The summed E-state index contributed by atoms with van der Waals surface area (Å²) in [6, 6.07) is 3.14. The summed E-state index contributed by atoms with van der Waals surface area (Å²) in [6.45, 7) is 0. The zero-order valence-electron chi connectivity index (χ0n) is 8.04. The first-order valence-electron chi connectivity index (χ1n) is 4.75. The average molecular weight is 257 g/mol. The molecule has 0 saturated heterocycles. The van der Waals surface area contributed by atoms with E-state index in [0.29, 0.717) is 5.56 Å². The van der Waals surface area contributed by atoms with E-state index in [1.165, 1.54) is 0 Å². The summed E-state index contributed by atoms with van der Waals surface area (Å²) in [4.78, 5) is 19.6. The molecule has 4 nitrogen and oxygen atoms in total. The number of carbonyl (C=O) groups excluding carboxylic acids is 1. The third kappa shape index (κ3) is 1.49. The minimum absolute atomic E-state index is 0.248. The normalized spacial score (nSPS) is 20.9. The highest BCUT2D eigenvalue weighted by atomic mass is 35.5. The van der Waals surface area contributed by atoms with Gasteiger partial charge in [0.1, 0.15) is 10.3 Å². The van der Waals surface area contributed by atoms with Gasteiger partial charge in [0.2, 0.25) is 5.90 Å². The number of aliphatic imine (C=N–C) groups is 1. The Morgan fingerprint density at radius 2 is 1.88 bits per heavy atom. The largest absolute Gasteiger partial charge is 0.405 e. The number of nitrogens with zero attached hydrogens (tertiary/aromatic N) is 2. The van der Waals surface area contributed by atoms with E-state index in [4.69, 9.17) is 27.9 Å². The minimum Gasteiger partial charge on any atom is -0.405 e. The smallest absolute Gasteiger partial charge is 0.340 e. The van der Waals surface area contributed by atoms with Gasteiger partial charge in [-0.2, -0.15) is 0 Å². The number of aromatic nitrogens is 1. The van der Waals surface area contributed by atoms with Gasteiger partial charge < -0.3 is 4.74 Å². The summed E-state index contributed by atoms with van der Waals surface area (Å²) in [5, 5.41) is 0.496. The van der Waals surface area contributed by atoms with E-state index in [2.05, 4.69) is 9.98 Å². The van der Waals surface area contributed by atoms with Gasteiger partial charge in [-0.05, 0) is 25.0 Å². The number of hydrogen-bond donors (Lipinski definition) is 0. The lowest BCUT2D eigenvalue weighted by Crippen LogP contribution is -2.15. The van der Waals surface area contributed by atoms with Gasteiger partial charge in [0.25, 0.3) is 0 Å². The van der Waals surface area contributed by atoms with Crippen molar-refractivity contribution in [3.63, 3.8) is 0 Å². The quantitative estimate of drug-likeness (QED) is 0.572. The monoisotopic (exact) mass is 256 g/mol. The zero-order chi connectivity index (χ0) is 11.3. The molecular formula is C10H6Cl2N2O2. The number of pyridine rings is 1. The summed E-state index contributed by atoms with van der Waals surface area (Å²) >= 11 is 11.5. The molecule has 1 aromatic heterocycles. The van der Waals surface area contributed by atoms with E-state index in [0.717, 1.165) is 12.8 Å². The van der Waals surface area contributed by atoms with Crippen LogP contribution in [-0.2, 0) is 9.53 Å². The first kappa shape index (κ1) is 10.1. The fourth-order valence-electron chi connectivity index (χ4n) is 1.59. The molecule has 1 aliphatic carbocycles. The predicted octanol–water partition coefficient (Wildman–Crippen LogP) is 2.22. The topological polar surface area (TPSA) is 51.5 Å². The molecule has 1 fully saturated rings. The molecule has 0 atom stereocenters. The molecule has 1 aliphatic heterocycles. The van der Waals surface area contributed by atoms with Crippen LogP contribution in [0, 0.1) is 0 Å². The van der Waals surface area contributed by atoms with Crippen LogP contribution in [0.4, 0.5) is 0 Å². The third-order valence-electron chi connectivity index (χ3n) is 2.62. The zero-order valence-corrected chi connectivity index (χ0v) is 9.55. The van der Waals surface area contributed by atoms with Crippen LogP contribution in [0.5, 0.6) is 0 Å². The predicted molar refractivity (Wildman–Crippen MR) is 58.9 cm³/mol. The third-order valence-corrected chi connectivity index (χ3v) is 3.01. The van der Waals surface area contributed by atoms with Crippen LogP contribution in [0.2, 0.25) is 10.3 Å². The van der Waals surface area contributed by atoms with Crippen molar-refractivity contribution in [3.05, 3.63) is 28.0 Å². The van der Waals surface area contributed by atoms with Crippen LogP contribution in [0.1, 0.15) is 18.4 Å². The van der Waals surface area contributed by atoms with Gasteiger partial charge in [-0.25, -0.2) is 14.8 Å². The number of ether oxygens (including phenoxy) is 1. The lowest BCUT2D eigenvalue weighted by atomic mass is 10.2. The number of hydrogen-bond acceptors (Lipinski definition) is 4. The van der Waals surface area contributed by atoms with Crippen LogP contribution in [-0.4, -0.2) is 22.4 Å². The highest BCUT2D eigenvalue weighted by Gasteiger charge is 2.56. The highest BCUT2D eigenvalue weighted by Crippen LogP contribution is 2.44. The molecule has 0 aromatic carbocycles. The molecular weight excluding hydrogens is 251 g/mol. The van der Waals surface area contributed by atoms with Crippen molar-refractivity contribution in [2.45, 2.75) is 18.4 Å². The molecule has 82 valence electrons. The maximum absolute atomic E-state index is 11.5. The van der Waals surface area contributed by atoms with Gasteiger partial charge >= 0.3 is 5.97 Å². The molecule has 0 unspecified atom stereocenters. The van der Waals surface area contributed by atoms with Crippen molar-refractivity contribution in [3.8, 4) is 0 Å². The molecule has 0 N–H and O–H groups in total. The molecule has 0 amide bonds. The maximum Gasteiger partial charge on any atom is 0.340 e. The van der Waals surface area contributed by atoms with E-state index < -0.39 is 5.54 Å². The summed E-state index contributed by atoms with van der Waals surface area (Å²) in [7, 11) is 0. The molecule has 1 saturated carbocycles. The summed E-state index contributed by atoms with van der Waals surface area (Å²) in [5.41, 5.74) is -0.0282.